The number of nitrogens with zero attached hydrogens (tertiary/aromatic N) is 1. The van der Waals surface area contributed by atoms with Gasteiger partial charge in [0.05, 0.1) is 17.7 Å². The third-order valence-corrected chi connectivity index (χ3v) is 3.21. The Hall–Kier alpha value is -2.49. The van der Waals surface area contributed by atoms with Gasteiger partial charge >= 0.3 is 12.4 Å². The summed E-state index contributed by atoms with van der Waals surface area (Å²) in [6.07, 6.45) is -9.52. The van der Waals surface area contributed by atoms with E-state index in [0.29, 0.717) is 11.6 Å². The normalized spacial score (nSPS) is 12.1. The second-order valence-corrected chi connectivity index (χ2v) is 4.89. The molecule has 0 spiro atoms. The Labute approximate surface area is 128 Å². The van der Waals surface area contributed by atoms with Crippen LogP contribution in [0.3, 0.4) is 0 Å². The molecule has 0 aliphatic rings. The van der Waals surface area contributed by atoms with Crippen LogP contribution in [0.15, 0.2) is 36.4 Å². The lowest BCUT2D eigenvalue weighted by Gasteiger charge is -2.16. The van der Waals surface area contributed by atoms with E-state index in [0.717, 1.165) is 24.3 Å². The van der Waals surface area contributed by atoms with Crippen LogP contribution in [0.1, 0.15) is 16.7 Å². The lowest BCUT2D eigenvalue weighted by atomic mass is 9.95. The molecule has 2 aromatic rings. The average Bonchev–Trinajstić information content (AvgIpc) is 2.44. The molecule has 0 aromatic heterocycles. The van der Waals surface area contributed by atoms with Crippen molar-refractivity contribution < 1.29 is 26.3 Å². The summed E-state index contributed by atoms with van der Waals surface area (Å²) in [5, 5.41) is 0. The first-order valence-electron chi connectivity index (χ1n) is 6.31. The molecule has 0 bridgehead atoms. The van der Waals surface area contributed by atoms with Crippen molar-refractivity contribution >= 4 is 5.69 Å². The predicted molar refractivity (Wildman–Crippen MR) is 72.9 cm³/mol. The first kappa shape index (κ1) is 16.9. The molecule has 7 heteroatoms. The summed E-state index contributed by atoms with van der Waals surface area (Å²) in [5.41, 5.74) is -3.17. The average molecular weight is 329 g/mol. The van der Waals surface area contributed by atoms with Crippen molar-refractivity contribution in [2.75, 3.05) is 0 Å². The fraction of sp³-hybridized carbons (Fsp3) is 0.188. The highest BCUT2D eigenvalue weighted by Gasteiger charge is 2.36. The Morgan fingerprint density at radius 2 is 1.43 bits per heavy atom. The summed E-state index contributed by atoms with van der Waals surface area (Å²) in [6.45, 7) is 8.21. The van der Waals surface area contributed by atoms with Crippen LogP contribution in [0.5, 0.6) is 0 Å². The maximum absolute atomic E-state index is 13.1. The Bertz CT molecular complexity index is 781. The fourth-order valence-corrected chi connectivity index (χ4v) is 2.17. The van der Waals surface area contributed by atoms with Crippen LogP contribution < -0.4 is 0 Å². The van der Waals surface area contributed by atoms with Crippen molar-refractivity contribution in [3.05, 3.63) is 64.5 Å². The number of benzene rings is 2. The van der Waals surface area contributed by atoms with Crippen LogP contribution in [0, 0.1) is 13.5 Å². The van der Waals surface area contributed by atoms with E-state index in [4.69, 9.17) is 6.57 Å². The van der Waals surface area contributed by atoms with Crippen molar-refractivity contribution in [2.24, 2.45) is 0 Å². The molecule has 0 aliphatic heterocycles. The Kier molecular flexibility index (Phi) is 4.12. The third-order valence-electron chi connectivity index (χ3n) is 3.21. The van der Waals surface area contributed by atoms with E-state index in [2.05, 4.69) is 4.85 Å². The van der Waals surface area contributed by atoms with Gasteiger partial charge in [0, 0.05) is 0 Å². The summed E-state index contributed by atoms with van der Waals surface area (Å²) in [5.74, 6) is 0. The number of aryl methyl sites for hydroxylation is 1. The second-order valence-electron chi connectivity index (χ2n) is 4.89. The predicted octanol–water partition coefficient (Wildman–Crippen LogP) is 6.25. The molecule has 0 saturated heterocycles. The van der Waals surface area contributed by atoms with Gasteiger partial charge in [-0.1, -0.05) is 35.9 Å². The monoisotopic (exact) mass is 329 g/mol. The van der Waals surface area contributed by atoms with Crippen molar-refractivity contribution in [2.45, 2.75) is 19.3 Å². The topological polar surface area (TPSA) is 4.36 Å². The largest absolute Gasteiger partial charge is 0.417 e. The lowest BCUT2D eigenvalue weighted by molar-refractivity contribution is -0.137. The first-order valence-corrected chi connectivity index (χ1v) is 6.31. The second kappa shape index (κ2) is 5.61. The summed E-state index contributed by atoms with van der Waals surface area (Å²) in [7, 11) is 0. The van der Waals surface area contributed by atoms with E-state index >= 15 is 0 Å². The summed E-state index contributed by atoms with van der Waals surface area (Å²) in [4.78, 5) is 2.76. The Morgan fingerprint density at radius 1 is 0.826 bits per heavy atom. The van der Waals surface area contributed by atoms with Crippen LogP contribution in [0.25, 0.3) is 16.0 Å². The van der Waals surface area contributed by atoms with E-state index in [-0.39, 0.29) is 11.1 Å². The van der Waals surface area contributed by atoms with Gasteiger partial charge in [0.25, 0.3) is 0 Å². The summed E-state index contributed by atoms with van der Waals surface area (Å²) < 4.78 is 78.3. The minimum absolute atomic E-state index is 0.239. The number of rotatable bonds is 1. The zero-order valence-corrected chi connectivity index (χ0v) is 11.7. The number of hydrogen-bond acceptors (Lipinski definition) is 0. The molecule has 0 fully saturated rings. The smallest absolute Gasteiger partial charge is 0.238 e. The fourth-order valence-electron chi connectivity index (χ4n) is 2.17. The summed E-state index contributed by atoms with van der Waals surface area (Å²) in [6, 6.07) is 5.94. The molecule has 120 valence electrons. The van der Waals surface area contributed by atoms with Gasteiger partial charge in [-0.25, -0.2) is 4.85 Å². The standard InChI is InChI=1S/C16H9F6N/c1-9-3-5-11(12(7-9)15(17,18)19)10-4-6-14(23-2)13(8-10)16(20,21)22/h3-8H,1H3. The van der Waals surface area contributed by atoms with Crippen molar-refractivity contribution in [1.82, 2.24) is 0 Å². The molecule has 0 heterocycles. The zero-order valence-electron chi connectivity index (χ0n) is 11.7. The molecule has 0 unspecified atom stereocenters. The maximum atomic E-state index is 13.1. The zero-order chi connectivity index (χ0) is 17.4. The van der Waals surface area contributed by atoms with Crippen LogP contribution in [0.4, 0.5) is 32.0 Å². The van der Waals surface area contributed by atoms with E-state index in [1.807, 2.05) is 0 Å². The van der Waals surface area contributed by atoms with Gasteiger partial charge in [0.2, 0.25) is 0 Å². The SMILES string of the molecule is [C-]#[N+]c1ccc(-c2ccc(C)cc2C(F)(F)F)cc1C(F)(F)F. The number of hydrogen-bond donors (Lipinski definition) is 0. The van der Waals surface area contributed by atoms with Crippen LogP contribution in [-0.2, 0) is 12.4 Å². The van der Waals surface area contributed by atoms with Gasteiger partial charge in [0.1, 0.15) is 0 Å². The number of halogens is 6. The Morgan fingerprint density at radius 3 is 1.96 bits per heavy atom. The molecule has 0 atom stereocenters. The molecule has 0 amide bonds. The van der Waals surface area contributed by atoms with E-state index in [1.165, 1.54) is 13.0 Å². The van der Waals surface area contributed by atoms with E-state index in [1.54, 1.807) is 0 Å². The highest BCUT2D eigenvalue weighted by molar-refractivity contribution is 5.72. The van der Waals surface area contributed by atoms with Crippen LogP contribution in [0.2, 0.25) is 0 Å². The van der Waals surface area contributed by atoms with E-state index in [9.17, 15) is 26.3 Å². The molecule has 2 rings (SSSR count). The molecular weight excluding hydrogens is 320 g/mol. The van der Waals surface area contributed by atoms with Gasteiger partial charge in [0.15, 0.2) is 5.69 Å². The van der Waals surface area contributed by atoms with Gasteiger partial charge in [-0.15, -0.1) is 0 Å². The lowest BCUT2D eigenvalue weighted by Crippen LogP contribution is -2.09. The minimum Gasteiger partial charge on any atom is -0.238 e. The molecule has 0 radical (unpaired) electrons. The van der Waals surface area contributed by atoms with Crippen LogP contribution in [-0.4, -0.2) is 0 Å². The molecule has 0 saturated carbocycles. The van der Waals surface area contributed by atoms with Gasteiger partial charge < -0.3 is 0 Å². The maximum Gasteiger partial charge on any atom is 0.417 e. The molecule has 0 N–H and O–H groups in total. The first-order chi connectivity index (χ1) is 10.5. The van der Waals surface area contributed by atoms with Gasteiger partial charge in [-0.2, -0.15) is 26.3 Å². The van der Waals surface area contributed by atoms with Crippen molar-refractivity contribution in [1.29, 1.82) is 0 Å². The molecular formula is C16H9F6N. The third kappa shape index (κ3) is 3.47. The molecule has 0 aliphatic carbocycles. The van der Waals surface area contributed by atoms with Crippen molar-refractivity contribution in [3.8, 4) is 11.1 Å². The van der Waals surface area contributed by atoms with Crippen LogP contribution >= 0.6 is 0 Å². The summed E-state index contributed by atoms with van der Waals surface area (Å²) >= 11 is 0. The molecule has 1 nitrogen and oxygen atoms in total. The van der Waals surface area contributed by atoms with Gasteiger partial charge in [-0.3, -0.25) is 0 Å². The highest BCUT2D eigenvalue weighted by atomic mass is 19.4. The van der Waals surface area contributed by atoms with E-state index < -0.39 is 29.2 Å². The van der Waals surface area contributed by atoms with Crippen molar-refractivity contribution in [3.63, 3.8) is 0 Å². The Balaban J connectivity index is 2.72. The van der Waals surface area contributed by atoms with Gasteiger partial charge in [-0.05, 0) is 24.1 Å². The highest BCUT2D eigenvalue weighted by Crippen LogP contribution is 2.42. The molecule has 2 aromatic carbocycles. The minimum atomic E-state index is -4.82. The number of alkyl halides is 6. The quantitative estimate of drug-likeness (QED) is 0.430. The molecule has 23 heavy (non-hydrogen) atoms.